The zero-order valence-corrected chi connectivity index (χ0v) is 13.2. The number of rotatable bonds is 4. The summed E-state index contributed by atoms with van der Waals surface area (Å²) in [6, 6.07) is 4.30. The van der Waals surface area contributed by atoms with E-state index in [0.29, 0.717) is 5.75 Å². The number of hydrogen-bond acceptors (Lipinski definition) is 5. The van der Waals surface area contributed by atoms with Gasteiger partial charge in [-0.15, -0.1) is 22.7 Å². The largest absolute Gasteiger partial charge is 0.493 e. The third kappa shape index (κ3) is 2.13. The van der Waals surface area contributed by atoms with Crippen LogP contribution in [0.15, 0.2) is 23.7 Å². The molecule has 0 aliphatic carbocycles. The Morgan fingerprint density at radius 1 is 1.35 bits per heavy atom. The lowest BCUT2D eigenvalue weighted by atomic mass is 10.2. The van der Waals surface area contributed by atoms with Gasteiger partial charge in [0.1, 0.15) is 11.8 Å². The predicted molar refractivity (Wildman–Crippen MR) is 82.9 cm³/mol. The molecule has 3 heterocycles. The van der Waals surface area contributed by atoms with E-state index < -0.39 is 6.10 Å². The second kappa shape index (κ2) is 5.20. The number of thiophene rings is 2. The molecule has 4 nitrogen and oxygen atoms in total. The van der Waals surface area contributed by atoms with Crippen molar-refractivity contribution in [1.29, 1.82) is 0 Å². The van der Waals surface area contributed by atoms with Crippen molar-refractivity contribution < 1.29 is 9.84 Å². The molecule has 20 heavy (non-hydrogen) atoms. The van der Waals surface area contributed by atoms with Gasteiger partial charge in [-0.3, -0.25) is 4.68 Å². The smallest absolute Gasteiger partial charge is 0.163 e. The SMILES string of the molecule is COc1cnn(C(C)C)c1C(O)c1cc2sccc2s1. The van der Waals surface area contributed by atoms with Gasteiger partial charge in [-0.1, -0.05) is 0 Å². The van der Waals surface area contributed by atoms with E-state index in [2.05, 4.69) is 16.5 Å². The highest BCUT2D eigenvalue weighted by Crippen LogP contribution is 2.38. The fourth-order valence-electron chi connectivity index (χ4n) is 2.24. The number of hydrogen-bond donors (Lipinski definition) is 1. The van der Waals surface area contributed by atoms with Crippen LogP contribution in [0.25, 0.3) is 9.40 Å². The minimum Gasteiger partial charge on any atom is -0.493 e. The van der Waals surface area contributed by atoms with E-state index in [0.717, 1.165) is 10.6 Å². The summed E-state index contributed by atoms with van der Waals surface area (Å²) in [6.45, 7) is 4.07. The Bertz CT molecular complexity index is 698. The Balaban J connectivity index is 2.07. The Hall–Kier alpha value is -1.37. The van der Waals surface area contributed by atoms with E-state index in [1.807, 2.05) is 24.6 Å². The molecule has 3 rings (SSSR count). The maximum Gasteiger partial charge on any atom is 0.163 e. The monoisotopic (exact) mass is 308 g/mol. The van der Waals surface area contributed by atoms with Crippen molar-refractivity contribution in [3.8, 4) is 5.75 Å². The molecule has 0 saturated heterocycles. The number of fused-ring (bicyclic) bond motifs is 1. The molecule has 3 aromatic rings. The summed E-state index contributed by atoms with van der Waals surface area (Å²) in [5.74, 6) is 0.628. The summed E-state index contributed by atoms with van der Waals surface area (Å²) in [5.41, 5.74) is 0.719. The van der Waals surface area contributed by atoms with E-state index in [4.69, 9.17) is 4.74 Å². The number of aliphatic hydroxyl groups is 1. The van der Waals surface area contributed by atoms with Crippen LogP contribution in [0, 0.1) is 0 Å². The van der Waals surface area contributed by atoms with Gasteiger partial charge >= 0.3 is 0 Å². The first-order chi connectivity index (χ1) is 9.61. The standard InChI is InChI=1S/C14H16N2O2S2/c1-8(2)16-13(9(18-3)7-15-16)14(17)12-6-11-10(20-12)4-5-19-11/h4-8,14,17H,1-3H3. The number of aliphatic hydroxyl groups excluding tert-OH is 1. The van der Waals surface area contributed by atoms with Crippen LogP contribution in [0.3, 0.4) is 0 Å². The minimum atomic E-state index is -0.709. The molecule has 0 aliphatic heterocycles. The van der Waals surface area contributed by atoms with Gasteiger partial charge in [-0.2, -0.15) is 5.10 Å². The van der Waals surface area contributed by atoms with Crippen molar-refractivity contribution in [3.05, 3.63) is 34.3 Å². The molecule has 6 heteroatoms. The fraction of sp³-hybridized carbons (Fsp3) is 0.357. The summed E-state index contributed by atoms with van der Waals surface area (Å²) >= 11 is 3.30. The first-order valence-electron chi connectivity index (χ1n) is 6.38. The second-order valence-electron chi connectivity index (χ2n) is 4.84. The van der Waals surface area contributed by atoms with Gasteiger partial charge in [0.15, 0.2) is 5.75 Å². The van der Waals surface area contributed by atoms with Crippen LogP contribution in [0.1, 0.15) is 36.6 Å². The van der Waals surface area contributed by atoms with Crippen molar-refractivity contribution in [1.82, 2.24) is 9.78 Å². The Kier molecular flexibility index (Phi) is 3.54. The van der Waals surface area contributed by atoms with Crippen LogP contribution in [0.4, 0.5) is 0 Å². The van der Waals surface area contributed by atoms with E-state index in [1.165, 1.54) is 9.40 Å². The van der Waals surface area contributed by atoms with E-state index in [9.17, 15) is 5.11 Å². The summed E-state index contributed by atoms with van der Waals surface area (Å²) in [5, 5.41) is 17.1. The number of ether oxygens (including phenoxy) is 1. The number of aromatic nitrogens is 2. The molecule has 1 N–H and O–H groups in total. The van der Waals surface area contributed by atoms with Crippen molar-refractivity contribution in [2.75, 3.05) is 7.11 Å². The normalized spacial score (nSPS) is 13.2. The predicted octanol–water partition coefficient (Wildman–Crippen LogP) is 3.83. The molecule has 0 saturated carbocycles. The van der Waals surface area contributed by atoms with E-state index in [1.54, 1.807) is 36.0 Å². The lowest BCUT2D eigenvalue weighted by Crippen LogP contribution is -2.12. The van der Waals surface area contributed by atoms with Crippen LogP contribution >= 0.6 is 22.7 Å². The molecule has 0 bridgehead atoms. The van der Waals surface area contributed by atoms with Crippen molar-refractivity contribution >= 4 is 32.1 Å². The third-order valence-corrected chi connectivity index (χ3v) is 5.34. The van der Waals surface area contributed by atoms with Gasteiger partial charge in [-0.05, 0) is 31.4 Å². The van der Waals surface area contributed by atoms with Gasteiger partial charge < -0.3 is 9.84 Å². The summed E-state index contributed by atoms with van der Waals surface area (Å²) in [4.78, 5) is 0.924. The van der Waals surface area contributed by atoms with Gasteiger partial charge in [0.05, 0.1) is 13.3 Å². The molecule has 1 unspecified atom stereocenters. The molecule has 0 fully saturated rings. The lowest BCUT2D eigenvalue weighted by Gasteiger charge is -2.16. The highest BCUT2D eigenvalue weighted by atomic mass is 32.1. The lowest BCUT2D eigenvalue weighted by molar-refractivity contribution is 0.203. The second-order valence-corrected chi connectivity index (χ2v) is 6.90. The maximum absolute atomic E-state index is 10.7. The van der Waals surface area contributed by atoms with Gasteiger partial charge in [0, 0.05) is 20.3 Å². The minimum absolute atomic E-state index is 0.171. The molecular formula is C14H16N2O2S2. The maximum atomic E-state index is 10.7. The van der Waals surface area contributed by atoms with Crippen molar-refractivity contribution in [2.45, 2.75) is 26.0 Å². The summed E-state index contributed by atoms with van der Waals surface area (Å²) in [6.07, 6.45) is 0.952. The van der Waals surface area contributed by atoms with Crippen molar-refractivity contribution in [2.24, 2.45) is 0 Å². The van der Waals surface area contributed by atoms with E-state index >= 15 is 0 Å². The highest BCUT2D eigenvalue weighted by Gasteiger charge is 2.24. The molecule has 106 valence electrons. The van der Waals surface area contributed by atoms with Crippen LogP contribution < -0.4 is 4.74 Å². The van der Waals surface area contributed by atoms with Gasteiger partial charge in [0.2, 0.25) is 0 Å². The van der Waals surface area contributed by atoms with Crippen molar-refractivity contribution in [3.63, 3.8) is 0 Å². The molecule has 0 amide bonds. The van der Waals surface area contributed by atoms with Gasteiger partial charge in [-0.25, -0.2) is 0 Å². The summed E-state index contributed by atoms with van der Waals surface area (Å²) < 4.78 is 9.57. The Morgan fingerprint density at radius 2 is 2.15 bits per heavy atom. The van der Waals surface area contributed by atoms with Crippen LogP contribution in [0.2, 0.25) is 0 Å². The van der Waals surface area contributed by atoms with Crippen LogP contribution in [0.5, 0.6) is 5.75 Å². The molecule has 0 aromatic carbocycles. The quantitative estimate of drug-likeness (QED) is 0.797. The van der Waals surface area contributed by atoms with Gasteiger partial charge in [0.25, 0.3) is 0 Å². The van der Waals surface area contributed by atoms with E-state index in [-0.39, 0.29) is 6.04 Å². The highest BCUT2D eigenvalue weighted by molar-refractivity contribution is 7.26. The Labute approximate surface area is 125 Å². The Morgan fingerprint density at radius 3 is 2.80 bits per heavy atom. The molecule has 1 atom stereocenters. The molecule has 0 radical (unpaired) electrons. The number of methoxy groups -OCH3 is 1. The average molecular weight is 308 g/mol. The molecular weight excluding hydrogens is 292 g/mol. The topological polar surface area (TPSA) is 47.3 Å². The van der Waals surface area contributed by atoms with Crippen LogP contribution in [-0.2, 0) is 0 Å². The first kappa shape index (κ1) is 13.6. The summed E-state index contributed by atoms with van der Waals surface area (Å²) in [7, 11) is 1.60. The molecule has 0 aliphatic rings. The fourth-order valence-corrected chi connectivity index (χ4v) is 4.35. The average Bonchev–Trinajstić information content (AvgIpc) is 3.10. The molecule has 3 aromatic heterocycles. The zero-order valence-electron chi connectivity index (χ0n) is 11.5. The van der Waals surface area contributed by atoms with Crippen LogP contribution in [-0.4, -0.2) is 22.0 Å². The number of nitrogens with zero attached hydrogens (tertiary/aromatic N) is 2. The first-order valence-corrected chi connectivity index (χ1v) is 8.07. The third-order valence-electron chi connectivity index (χ3n) is 3.19. The molecule has 0 spiro atoms. The zero-order chi connectivity index (χ0) is 14.3.